The smallest absolute Gasteiger partial charge is 0.251 e. The standard InChI is InChI=1S/C17H16N2O2/c1-21-13-7-5-12(6-8-13)11-19-16-4-2-3-15(18)14(16)9-10-17(19)20/h2-10H,11,18H2,1H3. The molecule has 0 fully saturated rings. The number of pyridine rings is 1. The van der Waals surface area contributed by atoms with Crippen molar-refractivity contribution in [2.75, 3.05) is 12.8 Å². The Kier molecular flexibility index (Phi) is 3.36. The van der Waals surface area contributed by atoms with Gasteiger partial charge in [0.05, 0.1) is 19.2 Å². The lowest BCUT2D eigenvalue weighted by atomic mass is 10.1. The lowest BCUT2D eigenvalue weighted by Crippen LogP contribution is -2.20. The summed E-state index contributed by atoms with van der Waals surface area (Å²) in [6, 6.07) is 16.6. The molecule has 0 aliphatic heterocycles. The maximum atomic E-state index is 12.2. The topological polar surface area (TPSA) is 57.2 Å². The van der Waals surface area contributed by atoms with Gasteiger partial charge in [-0.1, -0.05) is 18.2 Å². The van der Waals surface area contributed by atoms with Crippen LogP contribution in [0.2, 0.25) is 0 Å². The molecule has 1 aromatic heterocycles. The van der Waals surface area contributed by atoms with Crippen molar-refractivity contribution >= 4 is 16.6 Å². The Labute approximate surface area is 122 Å². The average molecular weight is 280 g/mol. The zero-order chi connectivity index (χ0) is 14.8. The molecule has 4 heteroatoms. The minimum Gasteiger partial charge on any atom is -0.497 e. The molecule has 0 spiro atoms. The van der Waals surface area contributed by atoms with Crippen molar-refractivity contribution in [3.8, 4) is 5.75 Å². The van der Waals surface area contributed by atoms with Gasteiger partial charge in [0, 0.05) is 17.1 Å². The predicted molar refractivity (Wildman–Crippen MR) is 84.7 cm³/mol. The van der Waals surface area contributed by atoms with Crippen molar-refractivity contribution in [3.05, 3.63) is 70.5 Å². The number of aromatic nitrogens is 1. The van der Waals surface area contributed by atoms with Crippen molar-refractivity contribution in [2.45, 2.75) is 6.54 Å². The molecule has 3 aromatic rings. The summed E-state index contributed by atoms with van der Waals surface area (Å²) in [7, 11) is 1.63. The highest BCUT2D eigenvalue weighted by Gasteiger charge is 2.06. The number of benzene rings is 2. The summed E-state index contributed by atoms with van der Waals surface area (Å²) in [5.41, 5.74) is 8.49. The van der Waals surface area contributed by atoms with Gasteiger partial charge in [-0.3, -0.25) is 4.79 Å². The van der Waals surface area contributed by atoms with Crippen molar-refractivity contribution in [1.29, 1.82) is 0 Å². The molecule has 4 nitrogen and oxygen atoms in total. The zero-order valence-corrected chi connectivity index (χ0v) is 11.7. The second kappa shape index (κ2) is 5.32. The number of nitrogen functional groups attached to an aromatic ring is 1. The van der Waals surface area contributed by atoms with Crippen LogP contribution in [0.5, 0.6) is 5.75 Å². The van der Waals surface area contributed by atoms with E-state index in [1.165, 1.54) is 0 Å². The van der Waals surface area contributed by atoms with E-state index >= 15 is 0 Å². The highest BCUT2D eigenvalue weighted by molar-refractivity contribution is 5.90. The number of hydrogen-bond acceptors (Lipinski definition) is 3. The van der Waals surface area contributed by atoms with E-state index in [2.05, 4.69) is 0 Å². The highest BCUT2D eigenvalue weighted by Crippen LogP contribution is 2.20. The molecule has 2 aromatic carbocycles. The van der Waals surface area contributed by atoms with E-state index in [9.17, 15) is 4.79 Å². The van der Waals surface area contributed by atoms with Crippen LogP contribution in [0.3, 0.4) is 0 Å². The predicted octanol–water partition coefficient (Wildman–Crippen LogP) is 2.64. The maximum Gasteiger partial charge on any atom is 0.251 e. The van der Waals surface area contributed by atoms with Crippen LogP contribution >= 0.6 is 0 Å². The van der Waals surface area contributed by atoms with Gasteiger partial charge in [0.25, 0.3) is 5.56 Å². The van der Waals surface area contributed by atoms with Crippen LogP contribution in [0.25, 0.3) is 10.9 Å². The van der Waals surface area contributed by atoms with Crippen LogP contribution in [-0.4, -0.2) is 11.7 Å². The summed E-state index contributed by atoms with van der Waals surface area (Å²) >= 11 is 0. The Morgan fingerprint density at radius 1 is 1.05 bits per heavy atom. The van der Waals surface area contributed by atoms with E-state index < -0.39 is 0 Å². The van der Waals surface area contributed by atoms with Crippen LogP contribution in [0, 0.1) is 0 Å². The fourth-order valence-electron chi connectivity index (χ4n) is 2.43. The first-order valence-electron chi connectivity index (χ1n) is 6.70. The summed E-state index contributed by atoms with van der Waals surface area (Å²) in [6.45, 7) is 0.504. The van der Waals surface area contributed by atoms with Crippen molar-refractivity contribution in [1.82, 2.24) is 4.57 Å². The van der Waals surface area contributed by atoms with Crippen molar-refractivity contribution in [3.63, 3.8) is 0 Å². The molecule has 0 atom stereocenters. The molecule has 0 aliphatic carbocycles. The van der Waals surface area contributed by atoms with Gasteiger partial charge in [0.1, 0.15) is 5.75 Å². The van der Waals surface area contributed by atoms with Gasteiger partial charge < -0.3 is 15.0 Å². The third-order valence-electron chi connectivity index (χ3n) is 3.57. The van der Waals surface area contributed by atoms with Crippen LogP contribution in [0.15, 0.2) is 59.4 Å². The third-order valence-corrected chi connectivity index (χ3v) is 3.57. The molecule has 0 unspecified atom stereocenters. The fourth-order valence-corrected chi connectivity index (χ4v) is 2.43. The van der Waals surface area contributed by atoms with E-state index in [1.807, 2.05) is 42.5 Å². The quantitative estimate of drug-likeness (QED) is 0.750. The summed E-state index contributed by atoms with van der Waals surface area (Å²) in [5.74, 6) is 0.799. The van der Waals surface area contributed by atoms with Gasteiger partial charge in [-0.25, -0.2) is 0 Å². The van der Waals surface area contributed by atoms with E-state index in [-0.39, 0.29) is 5.56 Å². The Morgan fingerprint density at radius 3 is 2.52 bits per heavy atom. The minimum atomic E-state index is -0.0380. The number of hydrogen-bond donors (Lipinski definition) is 1. The normalized spacial score (nSPS) is 10.7. The average Bonchev–Trinajstić information content (AvgIpc) is 2.51. The van der Waals surface area contributed by atoms with E-state index in [0.717, 1.165) is 22.2 Å². The Hall–Kier alpha value is -2.75. The number of ether oxygens (including phenoxy) is 1. The number of nitrogens with zero attached hydrogens (tertiary/aromatic N) is 1. The number of anilines is 1. The lowest BCUT2D eigenvalue weighted by Gasteiger charge is -2.11. The van der Waals surface area contributed by atoms with Gasteiger partial charge in [-0.15, -0.1) is 0 Å². The second-order valence-electron chi connectivity index (χ2n) is 4.89. The van der Waals surface area contributed by atoms with Gasteiger partial charge >= 0.3 is 0 Å². The SMILES string of the molecule is COc1ccc(Cn2c(=O)ccc3c(N)cccc32)cc1. The monoisotopic (exact) mass is 280 g/mol. The molecule has 3 rings (SSSR count). The molecular weight excluding hydrogens is 264 g/mol. The first-order valence-corrected chi connectivity index (χ1v) is 6.70. The van der Waals surface area contributed by atoms with Gasteiger partial charge in [0.15, 0.2) is 0 Å². The molecule has 1 heterocycles. The molecule has 2 N–H and O–H groups in total. The Bertz CT molecular complexity index is 836. The Morgan fingerprint density at radius 2 is 1.81 bits per heavy atom. The maximum absolute atomic E-state index is 12.2. The van der Waals surface area contributed by atoms with Crippen LogP contribution in [0.1, 0.15) is 5.56 Å². The highest BCUT2D eigenvalue weighted by atomic mass is 16.5. The van der Waals surface area contributed by atoms with E-state index in [4.69, 9.17) is 10.5 Å². The van der Waals surface area contributed by atoms with Gasteiger partial charge in [0.2, 0.25) is 0 Å². The van der Waals surface area contributed by atoms with Gasteiger partial charge in [-0.2, -0.15) is 0 Å². The number of methoxy groups -OCH3 is 1. The minimum absolute atomic E-state index is 0.0380. The molecule has 0 saturated carbocycles. The van der Waals surface area contributed by atoms with Crippen LogP contribution < -0.4 is 16.0 Å². The summed E-state index contributed by atoms with van der Waals surface area (Å²) in [6.07, 6.45) is 0. The first-order chi connectivity index (χ1) is 10.2. The van der Waals surface area contributed by atoms with E-state index in [1.54, 1.807) is 23.8 Å². The Balaban J connectivity index is 2.09. The van der Waals surface area contributed by atoms with Crippen molar-refractivity contribution < 1.29 is 4.74 Å². The first kappa shape index (κ1) is 13.2. The summed E-state index contributed by atoms with van der Waals surface area (Å²) in [4.78, 5) is 12.2. The zero-order valence-electron chi connectivity index (χ0n) is 11.7. The molecule has 21 heavy (non-hydrogen) atoms. The van der Waals surface area contributed by atoms with Crippen molar-refractivity contribution in [2.24, 2.45) is 0 Å². The molecule has 106 valence electrons. The summed E-state index contributed by atoms with van der Waals surface area (Å²) in [5, 5.41) is 0.894. The molecule has 0 amide bonds. The number of nitrogens with two attached hydrogens (primary N) is 1. The molecule has 0 bridgehead atoms. The summed E-state index contributed by atoms with van der Waals surface area (Å²) < 4.78 is 6.87. The van der Waals surface area contributed by atoms with Gasteiger partial charge in [-0.05, 0) is 35.9 Å². The molecule has 0 saturated heterocycles. The van der Waals surface area contributed by atoms with E-state index in [0.29, 0.717) is 12.2 Å². The third kappa shape index (κ3) is 2.48. The second-order valence-corrected chi connectivity index (χ2v) is 4.89. The van der Waals surface area contributed by atoms with Crippen LogP contribution in [0.4, 0.5) is 5.69 Å². The number of fused-ring (bicyclic) bond motifs is 1. The number of rotatable bonds is 3. The molecular formula is C17H16N2O2. The van der Waals surface area contributed by atoms with Crippen LogP contribution in [-0.2, 0) is 6.54 Å². The lowest BCUT2D eigenvalue weighted by molar-refractivity contribution is 0.414. The fraction of sp³-hybridized carbons (Fsp3) is 0.118. The molecule has 0 radical (unpaired) electrons. The largest absolute Gasteiger partial charge is 0.497 e. The molecule has 0 aliphatic rings.